The molecule has 18 heavy (non-hydrogen) atoms. The van der Waals surface area contributed by atoms with E-state index in [9.17, 15) is 10.1 Å². The highest BCUT2D eigenvalue weighted by molar-refractivity contribution is 6.33. The summed E-state index contributed by atoms with van der Waals surface area (Å²) in [6.45, 7) is 0.543. The van der Waals surface area contributed by atoms with Crippen LogP contribution in [-0.2, 0) is 6.54 Å². The van der Waals surface area contributed by atoms with Gasteiger partial charge in [-0.1, -0.05) is 23.7 Å². The van der Waals surface area contributed by atoms with Gasteiger partial charge in [0.2, 0.25) is 0 Å². The molecule has 0 aliphatic carbocycles. The molecule has 5 nitrogen and oxygen atoms in total. The van der Waals surface area contributed by atoms with Crippen molar-refractivity contribution in [2.45, 2.75) is 6.54 Å². The Hall–Kier alpha value is -2.14. The minimum Gasteiger partial charge on any atom is -0.380 e. The summed E-state index contributed by atoms with van der Waals surface area (Å²) in [6, 6.07) is 8.14. The molecule has 0 bridgehead atoms. The van der Waals surface area contributed by atoms with Gasteiger partial charge in [-0.2, -0.15) is 0 Å². The van der Waals surface area contributed by atoms with Crippen LogP contribution in [0.5, 0.6) is 0 Å². The normalized spacial score (nSPS) is 10.1. The molecule has 0 fully saturated rings. The van der Waals surface area contributed by atoms with Gasteiger partial charge in [0.25, 0.3) is 5.69 Å². The number of anilines is 1. The molecule has 1 aromatic carbocycles. The largest absolute Gasteiger partial charge is 0.380 e. The monoisotopic (exact) mass is 263 g/mol. The van der Waals surface area contributed by atoms with Crippen LogP contribution in [0.4, 0.5) is 11.4 Å². The van der Waals surface area contributed by atoms with E-state index in [-0.39, 0.29) is 5.69 Å². The number of nitrogens with one attached hydrogen (secondary N) is 1. The maximum Gasteiger partial charge on any atom is 0.269 e. The number of non-ortho nitro benzene ring substituents is 1. The number of nitro benzene ring substituents is 1. The molecule has 2 aromatic rings. The zero-order chi connectivity index (χ0) is 13.0. The molecule has 0 radical (unpaired) electrons. The molecule has 6 heteroatoms. The van der Waals surface area contributed by atoms with Gasteiger partial charge in [0.1, 0.15) is 0 Å². The van der Waals surface area contributed by atoms with Crippen LogP contribution in [0.15, 0.2) is 42.7 Å². The van der Waals surface area contributed by atoms with Crippen LogP contribution in [0.1, 0.15) is 5.56 Å². The molecule has 0 amide bonds. The summed E-state index contributed by atoms with van der Waals surface area (Å²) in [5, 5.41) is 14.2. The first-order chi connectivity index (χ1) is 8.66. The highest BCUT2D eigenvalue weighted by Crippen LogP contribution is 2.20. The van der Waals surface area contributed by atoms with Crippen molar-refractivity contribution in [2.24, 2.45) is 0 Å². The second-order valence-corrected chi connectivity index (χ2v) is 4.04. The van der Waals surface area contributed by atoms with Crippen LogP contribution in [0, 0.1) is 10.1 Å². The van der Waals surface area contributed by atoms with Crippen molar-refractivity contribution < 1.29 is 4.92 Å². The fourth-order valence-corrected chi connectivity index (χ4v) is 1.64. The smallest absolute Gasteiger partial charge is 0.269 e. The van der Waals surface area contributed by atoms with E-state index in [0.29, 0.717) is 11.6 Å². The van der Waals surface area contributed by atoms with Crippen molar-refractivity contribution in [1.29, 1.82) is 0 Å². The number of benzene rings is 1. The number of hydrogen-bond donors (Lipinski definition) is 1. The second kappa shape index (κ2) is 5.46. The molecule has 0 unspecified atom stereocenters. The molecular formula is C12H10ClN3O2. The summed E-state index contributed by atoms with van der Waals surface area (Å²) < 4.78 is 0. The van der Waals surface area contributed by atoms with E-state index < -0.39 is 4.92 Å². The summed E-state index contributed by atoms with van der Waals surface area (Å²) in [4.78, 5) is 14.0. The molecule has 1 heterocycles. The fraction of sp³-hybridized carbons (Fsp3) is 0.0833. The van der Waals surface area contributed by atoms with E-state index in [1.54, 1.807) is 30.6 Å². The standard InChI is InChI=1S/C12H10ClN3O2/c13-11-8-14-6-5-12(11)15-7-9-1-3-10(4-2-9)16(17)18/h1-6,8H,7H2,(H,14,15). The Labute approximate surface area is 109 Å². The third-order valence-corrected chi connectivity index (χ3v) is 2.70. The Bertz CT molecular complexity index is 558. The van der Waals surface area contributed by atoms with Gasteiger partial charge < -0.3 is 5.32 Å². The van der Waals surface area contributed by atoms with Crippen molar-refractivity contribution in [3.63, 3.8) is 0 Å². The predicted octanol–water partition coefficient (Wildman–Crippen LogP) is 3.26. The third kappa shape index (κ3) is 2.95. The average Bonchev–Trinajstić information content (AvgIpc) is 2.38. The van der Waals surface area contributed by atoms with Gasteiger partial charge in [-0.25, -0.2) is 0 Å². The first-order valence-electron chi connectivity index (χ1n) is 5.23. The Morgan fingerprint density at radius 3 is 2.61 bits per heavy atom. The molecule has 0 aliphatic rings. The maximum absolute atomic E-state index is 10.5. The number of pyridine rings is 1. The second-order valence-electron chi connectivity index (χ2n) is 3.63. The molecular weight excluding hydrogens is 254 g/mol. The minimum absolute atomic E-state index is 0.0840. The number of rotatable bonds is 4. The van der Waals surface area contributed by atoms with Crippen LogP contribution < -0.4 is 5.32 Å². The summed E-state index contributed by atoms with van der Waals surface area (Å²) in [6.07, 6.45) is 3.20. The molecule has 0 saturated heterocycles. The summed E-state index contributed by atoms with van der Waals surface area (Å²) in [5.74, 6) is 0. The van der Waals surface area contributed by atoms with Crippen molar-refractivity contribution in [3.8, 4) is 0 Å². The van der Waals surface area contributed by atoms with Gasteiger partial charge in [-0.15, -0.1) is 0 Å². The Balaban J connectivity index is 2.02. The molecule has 1 aromatic heterocycles. The molecule has 0 aliphatic heterocycles. The van der Waals surface area contributed by atoms with Crippen molar-refractivity contribution in [2.75, 3.05) is 5.32 Å². The van der Waals surface area contributed by atoms with Crippen molar-refractivity contribution >= 4 is 23.0 Å². The van der Waals surface area contributed by atoms with E-state index in [1.807, 2.05) is 0 Å². The Kier molecular flexibility index (Phi) is 3.74. The van der Waals surface area contributed by atoms with Crippen LogP contribution >= 0.6 is 11.6 Å². The highest BCUT2D eigenvalue weighted by atomic mass is 35.5. The van der Waals surface area contributed by atoms with Gasteiger partial charge in [0.05, 0.1) is 15.6 Å². The van der Waals surface area contributed by atoms with E-state index >= 15 is 0 Å². The van der Waals surface area contributed by atoms with Gasteiger partial charge in [-0.3, -0.25) is 15.1 Å². The Morgan fingerprint density at radius 1 is 1.28 bits per heavy atom. The molecule has 92 valence electrons. The van der Waals surface area contributed by atoms with E-state index in [1.165, 1.54) is 12.1 Å². The van der Waals surface area contributed by atoms with Gasteiger partial charge in [0, 0.05) is 31.1 Å². The van der Waals surface area contributed by atoms with Crippen molar-refractivity contribution in [3.05, 3.63) is 63.4 Å². The molecule has 0 saturated carbocycles. The summed E-state index contributed by atoms with van der Waals surface area (Å²) >= 11 is 5.94. The zero-order valence-electron chi connectivity index (χ0n) is 9.34. The van der Waals surface area contributed by atoms with Crippen molar-refractivity contribution in [1.82, 2.24) is 4.98 Å². The number of halogens is 1. The van der Waals surface area contributed by atoms with Crippen LogP contribution in [0.3, 0.4) is 0 Å². The predicted molar refractivity (Wildman–Crippen MR) is 69.7 cm³/mol. The van der Waals surface area contributed by atoms with Gasteiger partial charge in [0.15, 0.2) is 0 Å². The lowest BCUT2D eigenvalue weighted by Crippen LogP contribution is -2.00. The molecule has 1 N–H and O–H groups in total. The molecule has 0 spiro atoms. The highest BCUT2D eigenvalue weighted by Gasteiger charge is 2.04. The lowest BCUT2D eigenvalue weighted by molar-refractivity contribution is -0.384. The average molecular weight is 264 g/mol. The molecule has 0 atom stereocenters. The molecule has 2 rings (SSSR count). The SMILES string of the molecule is O=[N+]([O-])c1ccc(CNc2ccncc2Cl)cc1. The third-order valence-electron chi connectivity index (χ3n) is 2.40. The van der Waals surface area contributed by atoms with Crippen LogP contribution in [0.25, 0.3) is 0 Å². The summed E-state index contributed by atoms with van der Waals surface area (Å²) in [7, 11) is 0. The van der Waals surface area contributed by atoms with Gasteiger partial charge >= 0.3 is 0 Å². The first kappa shape index (κ1) is 12.3. The number of aromatic nitrogens is 1. The lowest BCUT2D eigenvalue weighted by atomic mass is 10.2. The maximum atomic E-state index is 10.5. The topological polar surface area (TPSA) is 68.1 Å². The quantitative estimate of drug-likeness (QED) is 0.679. The number of nitro groups is 1. The van der Waals surface area contributed by atoms with Crippen LogP contribution in [0.2, 0.25) is 5.02 Å². The van der Waals surface area contributed by atoms with Crippen LogP contribution in [-0.4, -0.2) is 9.91 Å². The number of hydrogen-bond acceptors (Lipinski definition) is 4. The number of nitrogens with zero attached hydrogens (tertiary/aromatic N) is 2. The minimum atomic E-state index is -0.420. The lowest BCUT2D eigenvalue weighted by Gasteiger charge is -2.07. The fourth-order valence-electron chi connectivity index (χ4n) is 1.45. The zero-order valence-corrected chi connectivity index (χ0v) is 10.1. The Morgan fingerprint density at radius 2 is 2.00 bits per heavy atom. The van der Waals surface area contributed by atoms with E-state index in [4.69, 9.17) is 11.6 Å². The van der Waals surface area contributed by atoms with E-state index in [0.717, 1.165) is 11.3 Å². The first-order valence-corrected chi connectivity index (χ1v) is 5.61. The summed E-state index contributed by atoms with van der Waals surface area (Å²) in [5.41, 5.74) is 1.80. The van der Waals surface area contributed by atoms with E-state index in [2.05, 4.69) is 10.3 Å². The van der Waals surface area contributed by atoms with Gasteiger partial charge in [-0.05, 0) is 11.6 Å².